The van der Waals surface area contributed by atoms with E-state index in [1.165, 1.54) is 12.1 Å². The monoisotopic (exact) mass is 266 g/mol. The summed E-state index contributed by atoms with van der Waals surface area (Å²) < 4.78 is 12.7. The van der Waals surface area contributed by atoms with Crippen LogP contribution in [0, 0.1) is 11.7 Å². The van der Waals surface area contributed by atoms with Crippen molar-refractivity contribution in [2.45, 2.75) is 25.9 Å². The van der Waals surface area contributed by atoms with Crippen LogP contribution in [0.15, 0.2) is 18.3 Å². The van der Waals surface area contributed by atoms with Crippen molar-refractivity contribution in [3.63, 3.8) is 0 Å². The summed E-state index contributed by atoms with van der Waals surface area (Å²) in [4.78, 5) is 17.7. The lowest BCUT2D eigenvalue weighted by Crippen LogP contribution is -2.43. The Morgan fingerprint density at radius 3 is 3.00 bits per heavy atom. The van der Waals surface area contributed by atoms with Crippen LogP contribution in [0.2, 0.25) is 0 Å². The van der Waals surface area contributed by atoms with Crippen molar-refractivity contribution in [3.8, 4) is 0 Å². The van der Waals surface area contributed by atoms with Crippen molar-refractivity contribution in [2.75, 3.05) is 19.6 Å². The molecule has 0 amide bonds. The number of piperidine rings is 1. The van der Waals surface area contributed by atoms with E-state index in [2.05, 4.69) is 9.88 Å². The Morgan fingerprint density at radius 2 is 2.37 bits per heavy atom. The standard InChI is InChI=1S/C14H19FN2O2/c1-10-4-6-17(9-14(10)19)7-5-13(18)12-3-2-11(15)8-16-12/h2-3,8,10,14,19H,4-7,9H2,1H3. The first-order chi connectivity index (χ1) is 9.06. The number of aliphatic hydroxyl groups excluding tert-OH is 1. The predicted octanol–water partition coefficient (Wildman–Crippen LogP) is 1.50. The molecule has 1 N–H and O–H groups in total. The number of Topliss-reactive ketones (excluding diaryl/α,β-unsaturated/α-hetero) is 1. The van der Waals surface area contributed by atoms with Crippen molar-refractivity contribution in [3.05, 3.63) is 29.8 Å². The third-order valence-electron chi connectivity index (χ3n) is 3.67. The summed E-state index contributed by atoms with van der Waals surface area (Å²) in [5.74, 6) is -0.205. The summed E-state index contributed by atoms with van der Waals surface area (Å²) in [5, 5.41) is 9.78. The zero-order valence-electron chi connectivity index (χ0n) is 11.1. The van der Waals surface area contributed by atoms with Gasteiger partial charge in [-0.25, -0.2) is 4.39 Å². The molecule has 0 saturated carbocycles. The molecule has 5 heteroatoms. The van der Waals surface area contributed by atoms with Gasteiger partial charge in [0.05, 0.1) is 12.3 Å². The number of pyridine rings is 1. The highest BCUT2D eigenvalue weighted by Gasteiger charge is 2.24. The van der Waals surface area contributed by atoms with Crippen molar-refractivity contribution >= 4 is 5.78 Å². The lowest BCUT2D eigenvalue weighted by Gasteiger charge is -2.34. The van der Waals surface area contributed by atoms with Crippen LogP contribution in [0.4, 0.5) is 4.39 Å². The highest BCUT2D eigenvalue weighted by molar-refractivity contribution is 5.94. The SMILES string of the molecule is CC1CCN(CCC(=O)c2ccc(F)cn2)CC1O. The van der Waals surface area contributed by atoms with Gasteiger partial charge in [-0.1, -0.05) is 6.92 Å². The molecular weight excluding hydrogens is 247 g/mol. The minimum atomic E-state index is -0.440. The van der Waals surface area contributed by atoms with Crippen LogP contribution in [0.1, 0.15) is 30.3 Å². The first kappa shape index (κ1) is 14.1. The summed E-state index contributed by atoms with van der Waals surface area (Å²) >= 11 is 0. The second-order valence-corrected chi connectivity index (χ2v) is 5.17. The fraction of sp³-hybridized carbons (Fsp3) is 0.571. The van der Waals surface area contributed by atoms with Crippen LogP contribution in [0.25, 0.3) is 0 Å². The number of carbonyl (C=O) groups excluding carboxylic acids is 1. The number of rotatable bonds is 4. The number of β-amino-alcohol motifs (C(OH)–C–C–N with tert-alkyl or cyclic N) is 1. The van der Waals surface area contributed by atoms with Gasteiger partial charge in [0.15, 0.2) is 5.78 Å². The van der Waals surface area contributed by atoms with E-state index in [-0.39, 0.29) is 11.9 Å². The van der Waals surface area contributed by atoms with Crippen LogP contribution in [0.5, 0.6) is 0 Å². The van der Waals surface area contributed by atoms with Gasteiger partial charge >= 0.3 is 0 Å². The molecule has 2 heterocycles. The van der Waals surface area contributed by atoms with Crippen LogP contribution < -0.4 is 0 Å². The average Bonchev–Trinajstić information content (AvgIpc) is 2.40. The summed E-state index contributed by atoms with van der Waals surface area (Å²) in [6, 6.07) is 2.65. The number of aliphatic hydroxyl groups is 1. The lowest BCUT2D eigenvalue weighted by atomic mass is 9.96. The maximum Gasteiger partial charge on any atom is 0.182 e. The molecule has 0 aliphatic carbocycles. The first-order valence-electron chi connectivity index (χ1n) is 6.61. The van der Waals surface area contributed by atoms with Gasteiger partial charge in [-0.05, 0) is 31.0 Å². The lowest BCUT2D eigenvalue weighted by molar-refractivity contribution is 0.0287. The van der Waals surface area contributed by atoms with Gasteiger partial charge in [0.2, 0.25) is 0 Å². The number of ketones is 1. The van der Waals surface area contributed by atoms with Crippen molar-refractivity contribution in [1.82, 2.24) is 9.88 Å². The number of halogens is 1. The molecule has 4 nitrogen and oxygen atoms in total. The van der Waals surface area contributed by atoms with Crippen molar-refractivity contribution in [1.29, 1.82) is 0 Å². The van der Waals surface area contributed by atoms with Crippen molar-refractivity contribution in [2.24, 2.45) is 5.92 Å². The topological polar surface area (TPSA) is 53.4 Å². The Hall–Kier alpha value is -1.33. The van der Waals surface area contributed by atoms with E-state index in [0.717, 1.165) is 19.2 Å². The predicted molar refractivity (Wildman–Crippen MR) is 69.4 cm³/mol. The van der Waals surface area contributed by atoms with Crippen LogP contribution in [0.3, 0.4) is 0 Å². The zero-order chi connectivity index (χ0) is 13.8. The van der Waals surface area contributed by atoms with Crippen LogP contribution in [-0.2, 0) is 0 Å². The Labute approximate surface area is 112 Å². The van der Waals surface area contributed by atoms with E-state index < -0.39 is 5.82 Å². The third-order valence-corrected chi connectivity index (χ3v) is 3.67. The van der Waals surface area contributed by atoms with Gasteiger partial charge < -0.3 is 10.0 Å². The van der Waals surface area contributed by atoms with Crippen molar-refractivity contribution < 1.29 is 14.3 Å². The quantitative estimate of drug-likeness (QED) is 0.839. The van der Waals surface area contributed by atoms with Gasteiger partial charge in [-0.15, -0.1) is 0 Å². The molecule has 2 rings (SSSR count). The van der Waals surface area contributed by atoms with E-state index in [4.69, 9.17) is 0 Å². The number of hydrogen-bond donors (Lipinski definition) is 1. The van der Waals surface area contributed by atoms with Crippen LogP contribution >= 0.6 is 0 Å². The molecule has 1 saturated heterocycles. The second-order valence-electron chi connectivity index (χ2n) is 5.17. The molecule has 19 heavy (non-hydrogen) atoms. The fourth-order valence-corrected chi connectivity index (χ4v) is 2.25. The molecular formula is C14H19FN2O2. The molecule has 1 aliphatic rings. The third kappa shape index (κ3) is 3.81. The molecule has 0 aromatic carbocycles. The second kappa shape index (κ2) is 6.21. The number of carbonyl (C=O) groups is 1. The van der Waals surface area contributed by atoms with E-state index in [0.29, 0.717) is 31.1 Å². The van der Waals surface area contributed by atoms with Gasteiger partial charge in [-0.3, -0.25) is 9.78 Å². The molecule has 1 aromatic heterocycles. The Bertz CT molecular complexity index is 436. The molecule has 0 spiro atoms. The molecule has 104 valence electrons. The largest absolute Gasteiger partial charge is 0.392 e. The maximum absolute atomic E-state index is 12.7. The van der Waals surface area contributed by atoms with Crippen LogP contribution in [-0.4, -0.2) is 46.5 Å². The Morgan fingerprint density at radius 1 is 1.58 bits per heavy atom. The minimum absolute atomic E-state index is 0.0897. The Balaban J connectivity index is 1.82. The molecule has 2 unspecified atom stereocenters. The summed E-state index contributed by atoms with van der Waals surface area (Å²) in [5.41, 5.74) is 0.298. The highest BCUT2D eigenvalue weighted by atomic mass is 19.1. The van der Waals surface area contributed by atoms with Gasteiger partial charge in [0.1, 0.15) is 11.5 Å². The number of aromatic nitrogens is 1. The number of hydrogen-bond acceptors (Lipinski definition) is 4. The minimum Gasteiger partial charge on any atom is -0.392 e. The number of likely N-dealkylation sites (tertiary alicyclic amines) is 1. The molecule has 2 atom stereocenters. The molecule has 0 bridgehead atoms. The smallest absolute Gasteiger partial charge is 0.182 e. The summed E-state index contributed by atoms with van der Waals surface area (Å²) in [6.45, 7) is 4.17. The van der Waals surface area contributed by atoms with E-state index in [1.54, 1.807) is 0 Å². The summed E-state index contributed by atoms with van der Waals surface area (Å²) in [6.07, 6.45) is 2.04. The summed E-state index contributed by atoms with van der Waals surface area (Å²) in [7, 11) is 0. The maximum atomic E-state index is 12.7. The normalized spacial score (nSPS) is 24.4. The fourth-order valence-electron chi connectivity index (χ4n) is 2.25. The first-order valence-corrected chi connectivity index (χ1v) is 6.61. The molecule has 0 radical (unpaired) electrons. The van der Waals surface area contributed by atoms with E-state index in [1.807, 2.05) is 6.92 Å². The molecule has 1 aromatic rings. The van der Waals surface area contributed by atoms with Gasteiger partial charge in [0, 0.05) is 19.5 Å². The van der Waals surface area contributed by atoms with E-state index >= 15 is 0 Å². The Kier molecular flexibility index (Phi) is 4.61. The molecule has 1 aliphatic heterocycles. The zero-order valence-corrected chi connectivity index (χ0v) is 11.1. The van der Waals surface area contributed by atoms with Gasteiger partial charge in [-0.2, -0.15) is 0 Å². The van der Waals surface area contributed by atoms with E-state index in [9.17, 15) is 14.3 Å². The number of nitrogens with zero attached hydrogens (tertiary/aromatic N) is 2. The molecule has 1 fully saturated rings. The average molecular weight is 266 g/mol. The van der Waals surface area contributed by atoms with Gasteiger partial charge in [0.25, 0.3) is 0 Å². The highest BCUT2D eigenvalue weighted by Crippen LogP contribution is 2.17.